The SMILES string of the molecule is [CH2]C1Cc2cc(F)cc(-c3cccc(F)c3)c2O1. The first kappa shape index (κ1) is 11.2. The third kappa shape index (κ3) is 1.86. The number of hydrogen-bond acceptors (Lipinski definition) is 1. The Hall–Kier alpha value is -1.90. The molecule has 0 fully saturated rings. The van der Waals surface area contributed by atoms with E-state index < -0.39 is 0 Å². The molecule has 0 N–H and O–H groups in total. The Morgan fingerprint density at radius 1 is 1.11 bits per heavy atom. The topological polar surface area (TPSA) is 9.23 Å². The maximum atomic E-state index is 13.6. The molecule has 0 bridgehead atoms. The highest BCUT2D eigenvalue weighted by Gasteiger charge is 2.24. The molecule has 3 rings (SSSR count). The number of rotatable bonds is 1. The lowest BCUT2D eigenvalue weighted by molar-refractivity contribution is 0.282. The lowest BCUT2D eigenvalue weighted by Gasteiger charge is -2.10. The number of benzene rings is 2. The van der Waals surface area contributed by atoms with E-state index in [1.165, 1.54) is 24.3 Å². The van der Waals surface area contributed by atoms with Crippen molar-refractivity contribution in [3.8, 4) is 16.9 Å². The molecular weight excluding hydrogens is 234 g/mol. The Labute approximate surface area is 104 Å². The molecule has 1 nitrogen and oxygen atoms in total. The van der Waals surface area contributed by atoms with Crippen molar-refractivity contribution in [3.05, 3.63) is 60.5 Å². The Morgan fingerprint density at radius 2 is 1.94 bits per heavy atom. The third-order valence-electron chi connectivity index (χ3n) is 3.00. The van der Waals surface area contributed by atoms with E-state index in [9.17, 15) is 8.78 Å². The molecule has 0 spiro atoms. The Bertz CT molecular complexity index is 607. The predicted molar refractivity (Wildman–Crippen MR) is 65.3 cm³/mol. The van der Waals surface area contributed by atoms with Crippen LogP contribution < -0.4 is 4.74 Å². The Balaban J connectivity index is 2.18. The van der Waals surface area contributed by atoms with Crippen LogP contribution in [0.5, 0.6) is 5.75 Å². The first-order valence-electron chi connectivity index (χ1n) is 5.71. The summed E-state index contributed by atoms with van der Waals surface area (Å²) in [5.41, 5.74) is 1.98. The molecule has 2 aromatic carbocycles. The second kappa shape index (κ2) is 4.09. The largest absolute Gasteiger partial charge is 0.489 e. The van der Waals surface area contributed by atoms with E-state index in [2.05, 4.69) is 6.92 Å². The van der Waals surface area contributed by atoms with Crippen molar-refractivity contribution < 1.29 is 13.5 Å². The molecule has 1 aliphatic rings. The van der Waals surface area contributed by atoms with Gasteiger partial charge >= 0.3 is 0 Å². The maximum absolute atomic E-state index is 13.6. The molecule has 0 aromatic heterocycles. The maximum Gasteiger partial charge on any atom is 0.131 e. The van der Waals surface area contributed by atoms with Gasteiger partial charge in [-0.3, -0.25) is 0 Å². The summed E-state index contributed by atoms with van der Waals surface area (Å²) in [7, 11) is 0. The van der Waals surface area contributed by atoms with Crippen LogP contribution in [-0.4, -0.2) is 6.10 Å². The molecule has 0 saturated heterocycles. The van der Waals surface area contributed by atoms with Crippen LogP contribution in [-0.2, 0) is 6.42 Å². The standard InChI is InChI=1S/C15H11F2O/c1-9-5-11-7-13(17)8-14(15(11)18-9)10-3-2-4-12(16)6-10/h2-4,6-9H,1,5H2. The molecule has 1 heterocycles. The van der Waals surface area contributed by atoms with Crippen LogP contribution in [0.3, 0.4) is 0 Å². The zero-order valence-corrected chi connectivity index (χ0v) is 9.62. The monoisotopic (exact) mass is 245 g/mol. The summed E-state index contributed by atoms with van der Waals surface area (Å²) in [6.07, 6.45) is 0.365. The molecule has 1 aliphatic heterocycles. The molecular formula is C15H11F2O. The van der Waals surface area contributed by atoms with Gasteiger partial charge in [-0.1, -0.05) is 12.1 Å². The van der Waals surface area contributed by atoms with Gasteiger partial charge in [0.1, 0.15) is 23.5 Å². The summed E-state index contributed by atoms with van der Waals surface area (Å²) in [5, 5.41) is 0. The molecule has 1 atom stereocenters. The number of halogens is 2. The first-order chi connectivity index (χ1) is 8.63. The van der Waals surface area contributed by atoms with Crippen LogP contribution in [0.15, 0.2) is 36.4 Å². The molecule has 2 aromatic rings. The zero-order chi connectivity index (χ0) is 12.7. The fourth-order valence-corrected chi connectivity index (χ4v) is 2.26. The molecule has 0 saturated carbocycles. The van der Waals surface area contributed by atoms with Crippen molar-refractivity contribution in [3.63, 3.8) is 0 Å². The van der Waals surface area contributed by atoms with Crippen LogP contribution in [0.1, 0.15) is 5.56 Å². The van der Waals surface area contributed by atoms with Crippen molar-refractivity contribution >= 4 is 0 Å². The summed E-state index contributed by atoms with van der Waals surface area (Å²) < 4.78 is 32.4. The summed E-state index contributed by atoms with van der Waals surface area (Å²) in [5.74, 6) is -0.0811. The Kier molecular flexibility index (Phi) is 2.54. The van der Waals surface area contributed by atoms with Gasteiger partial charge in [-0.05, 0) is 36.8 Å². The molecule has 0 amide bonds. The zero-order valence-electron chi connectivity index (χ0n) is 9.62. The average molecular weight is 245 g/mol. The van der Waals surface area contributed by atoms with Crippen LogP contribution >= 0.6 is 0 Å². The molecule has 0 aliphatic carbocycles. The van der Waals surface area contributed by atoms with Crippen LogP contribution in [0, 0.1) is 18.6 Å². The quantitative estimate of drug-likeness (QED) is 0.743. The summed E-state index contributed by atoms with van der Waals surface area (Å²) >= 11 is 0. The molecule has 91 valence electrons. The lowest BCUT2D eigenvalue weighted by Crippen LogP contribution is -2.06. The van der Waals surface area contributed by atoms with E-state index >= 15 is 0 Å². The van der Waals surface area contributed by atoms with E-state index in [1.807, 2.05) is 0 Å². The second-order valence-electron chi connectivity index (χ2n) is 4.40. The van der Waals surface area contributed by atoms with Crippen LogP contribution in [0.4, 0.5) is 8.78 Å². The molecule has 3 heteroatoms. The number of ether oxygens (including phenoxy) is 1. The van der Waals surface area contributed by atoms with E-state index in [1.54, 1.807) is 12.1 Å². The fraction of sp³-hybridized carbons (Fsp3) is 0.133. The molecule has 1 radical (unpaired) electrons. The highest BCUT2D eigenvalue weighted by molar-refractivity contribution is 5.73. The van der Waals surface area contributed by atoms with Crippen molar-refractivity contribution in [2.75, 3.05) is 0 Å². The van der Waals surface area contributed by atoms with Gasteiger partial charge in [0.15, 0.2) is 0 Å². The molecule has 18 heavy (non-hydrogen) atoms. The second-order valence-corrected chi connectivity index (χ2v) is 4.40. The van der Waals surface area contributed by atoms with Crippen LogP contribution in [0.25, 0.3) is 11.1 Å². The lowest BCUT2D eigenvalue weighted by atomic mass is 10.0. The van der Waals surface area contributed by atoms with Crippen molar-refractivity contribution in [1.82, 2.24) is 0 Å². The van der Waals surface area contributed by atoms with E-state index in [-0.39, 0.29) is 17.7 Å². The highest BCUT2D eigenvalue weighted by atomic mass is 19.1. The van der Waals surface area contributed by atoms with E-state index in [4.69, 9.17) is 4.74 Å². The molecule has 1 unspecified atom stereocenters. The minimum atomic E-state index is -0.352. The predicted octanol–water partition coefficient (Wildman–Crippen LogP) is 3.77. The number of hydrogen-bond donors (Lipinski definition) is 0. The van der Waals surface area contributed by atoms with Gasteiger partial charge in [0.25, 0.3) is 0 Å². The van der Waals surface area contributed by atoms with E-state index in [0.29, 0.717) is 23.3 Å². The van der Waals surface area contributed by atoms with Gasteiger partial charge in [-0.25, -0.2) is 8.78 Å². The summed E-state index contributed by atoms with van der Waals surface area (Å²) in [6.45, 7) is 3.82. The van der Waals surface area contributed by atoms with Crippen LogP contribution in [0.2, 0.25) is 0 Å². The average Bonchev–Trinajstić information content (AvgIpc) is 2.68. The minimum absolute atomic E-state index is 0.214. The summed E-state index contributed by atoms with van der Waals surface area (Å²) in [4.78, 5) is 0. The van der Waals surface area contributed by atoms with Crippen molar-refractivity contribution in [2.24, 2.45) is 0 Å². The van der Waals surface area contributed by atoms with Gasteiger partial charge in [0, 0.05) is 17.5 Å². The smallest absolute Gasteiger partial charge is 0.131 e. The minimum Gasteiger partial charge on any atom is -0.489 e. The van der Waals surface area contributed by atoms with Gasteiger partial charge in [0.2, 0.25) is 0 Å². The van der Waals surface area contributed by atoms with E-state index in [0.717, 1.165) is 5.56 Å². The summed E-state index contributed by atoms with van der Waals surface area (Å²) in [6, 6.07) is 8.87. The normalized spacial score (nSPS) is 17.4. The fourth-order valence-electron chi connectivity index (χ4n) is 2.26. The Morgan fingerprint density at radius 3 is 2.72 bits per heavy atom. The number of fused-ring (bicyclic) bond motifs is 1. The highest BCUT2D eigenvalue weighted by Crippen LogP contribution is 2.39. The van der Waals surface area contributed by atoms with Gasteiger partial charge in [0.05, 0.1) is 0 Å². The van der Waals surface area contributed by atoms with Crippen molar-refractivity contribution in [2.45, 2.75) is 12.5 Å². The first-order valence-corrected chi connectivity index (χ1v) is 5.71. The third-order valence-corrected chi connectivity index (χ3v) is 3.00. The van der Waals surface area contributed by atoms with Crippen molar-refractivity contribution in [1.29, 1.82) is 0 Å². The van der Waals surface area contributed by atoms with Gasteiger partial charge in [-0.15, -0.1) is 0 Å². The van der Waals surface area contributed by atoms with Gasteiger partial charge in [-0.2, -0.15) is 0 Å². The van der Waals surface area contributed by atoms with Gasteiger partial charge < -0.3 is 4.74 Å².